The minimum Gasteiger partial charge on any atom is -0.490 e. The third-order valence-electron chi connectivity index (χ3n) is 4.99. The van der Waals surface area contributed by atoms with Gasteiger partial charge in [-0.15, -0.1) is 0 Å². The maximum atomic E-state index is 12.4. The lowest BCUT2D eigenvalue weighted by molar-refractivity contribution is -0.129. The van der Waals surface area contributed by atoms with Crippen LogP contribution in [0.5, 0.6) is 11.5 Å². The van der Waals surface area contributed by atoms with Gasteiger partial charge in [0, 0.05) is 5.02 Å². The molecule has 0 amide bonds. The average molecular weight is 482 g/mol. The second-order valence-electron chi connectivity index (χ2n) is 7.31. The summed E-state index contributed by atoms with van der Waals surface area (Å²) in [5, 5.41) is 0.856. The molecule has 168 valence electrons. The molecule has 1 aliphatic heterocycles. The second kappa shape index (κ2) is 10.1. The van der Waals surface area contributed by atoms with E-state index in [2.05, 4.69) is 4.99 Å². The van der Waals surface area contributed by atoms with Crippen molar-refractivity contribution >= 4 is 41.1 Å². The summed E-state index contributed by atoms with van der Waals surface area (Å²) >= 11 is 12.2. The van der Waals surface area contributed by atoms with E-state index in [9.17, 15) is 4.79 Å². The molecule has 0 saturated carbocycles. The molecule has 0 spiro atoms. The summed E-state index contributed by atoms with van der Waals surface area (Å²) in [5.74, 6) is 0.737. The van der Waals surface area contributed by atoms with Gasteiger partial charge in [0.2, 0.25) is 5.90 Å². The summed E-state index contributed by atoms with van der Waals surface area (Å²) in [5.41, 5.74) is 3.58. The van der Waals surface area contributed by atoms with Crippen LogP contribution in [0, 0.1) is 6.92 Å². The molecule has 3 aromatic rings. The number of hydrogen-bond donors (Lipinski definition) is 0. The quantitative estimate of drug-likeness (QED) is 0.280. The van der Waals surface area contributed by atoms with E-state index in [-0.39, 0.29) is 11.6 Å². The number of hydrogen-bond acceptors (Lipinski definition) is 5. The van der Waals surface area contributed by atoms with Crippen LogP contribution in [0.15, 0.2) is 71.4 Å². The fraction of sp³-hybridized carbons (Fsp3) is 0.154. The van der Waals surface area contributed by atoms with Crippen molar-refractivity contribution in [3.8, 4) is 11.5 Å². The molecule has 5 nitrogen and oxygen atoms in total. The summed E-state index contributed by atoms with van der Waals surface area (Å²) in [6.45, 7) is 4.84. The molecule has 7 heteroatoms. The molecule has 0 radical (unpaired) electrons. The van der Waals surface area contributed by atoms with Gasteiger partial charge < -0.3 is 14.2 Å². The molecule has 4 rings (SSSR count). The largest absolute Gasteiger partial charge is 0.490 e. The fourth-order valence-corrected chi connectivity index (χ4v) is 3.64. The molecule has 0 saturated heterocycles. The van der Waals surface area contributed by atoms with E-state index in [4.69, 9.17) is 37.4 Å². The van der Waals surface area contributed by atoms with Gasteiger partial charge in [0.25, 0.3) is 0 Å². The molecule has 0 aliphatic carbocycles. The number of aliphatic imine (C=N–C) groups is 1. The van der Waals surface area contributed by atoms with Crippen LogP contribution in [0.2, 0.25) is 10.0 Å². The topological polar surface area (TPSA) is 57.1 Å². The first-order valence-electron chi connectivity index (χ1n) is 10.4. The Hall–Kier alpha value is -3.28. The minimum atomic E-state index is -0.570. The highest BCUT2D eigenvalue weighted by Gasteiger charge is 2.26. The van der Waals surface area contributed by atoms with Crippen LogP contribution in [0.1, 0.15) is 29.2 Å². The van der Waals surface area contributed by atoms with Gasteiger partial charge in [0.1, 0.15) is 6.61 Å². The summed E-state index contributed by atoms with van der Waals surface area (Å²) in [6.07, 6.45) is 1.63. The molecule has 33 heavy (non-hydrogen) atoms. The van der Waals surface area contributed by atoms with Crippen LogP contribution < -0.4 is 9.47 Å². The van der Waals surface area contributed by atoms with E-state index in [0.29, 0.717) is 40.3 Å². The second-order valence-corrected chi connectivity index (χ2v) is 8.16. The summed E-state index contributed by atoms with van der Waals surface area (Å²) in [6, 6.07) is 18.4. The average Bonchev–Trinajstić information content (AvgIpc) is 3.16. The van der Waals surface area contributed by atoms with Crippen molar-refractivity contribution in [2.24, 2.45) is 4.99 Å². The monoisotopic (exact) mass is 481 g/mol. The van der Waals surface area contributed by atoms with Gasteiger partial charge in [-0.25, -0.2) is 9.79 Å². The Kier molecular flexibility index (Phi) is 7.02. The van der Waals surface area contributed by atoms with Gasteiger partial charge >= 0.3 is 5.97 Å². The van der Waals surface area contributed by atoms with E-state index in [1.807, 2.05) is 50.2 Å². The Morgan fingerprint density at radius 3 is 2.61 bits per heavy atom. The third kappa shape index (κ3) is 5.38. The van der Waals surface area contributed by atoms with Gasteiger partial charge in [-0.05, 0) is 66.9 Å². The highest BCUT2D eigenvalue weighted by Crippen LogP contribution is 2.32. The van der Waals surface area contributed by atoms with Crippen molar-refractivity contribution in [2.75, 3.05) is 6.61 Å². The SMILES string of the molecule is CCOc1cc(/C=C2\N=C(c3cc(Cl)ccc3Cl)OC2=O)ccc1OCc1ccccc1C. The zero-order valence-electron chi connectivity index (χ0n) is 18.1. The highest BCUT2D eigenvalue weighted by atomic mass is 35.5. The van der Waals surface area contributed by atoms with E-state index in [0.717, 1.165) is 16.7 Å². The molecular weight excluding hydrogens is 461 g/mol. The van der Waals surface area contributed by atoms with E-state index < -0.39 is 5.97 Å². The van der Waals surface area contributed by atoms with Crippen LogP contribution in [-0.4, -0.2) is 18.5 Å². The van der Waals surface area contributed by atoms with Gasteiger partial charge in [0.15, 0.2) is 17.2 Å². The smallest absolute Gasteiger partial charge is 0.363 e. The Balaban J connectivity index is 1.59. The molecule has 3 aromatic carbocycles. The van der Waals surface area contributed by atoms with Crippen LogP contribution in [-0.2, 0) is 16.1 Å². The van der Waals surface area contributed by atoms with Crippen LogP contribution in [0.3, 0.4) is 0 Å². The van der Waals surface area contributed by atoms with E-state index in [1.165, 1.54) is 0 Å². The van der Waals surface area contributed by atoms with E-state index >= 15 is 0 Å². The molecule has 0 fully saturated rings. The van der Waals surface area contributed by atoms with Crippen molar-refractivity contribution in [2.45, 2.75) is 20.5 Å². The molecule has 0 aromatic heterocycles. The molecule has 1 aliphatic rings. The normalized spacial score (nSPS) is 14.2. The molecular formula is C26H21Cl2NO4. The number of ether oxygens (including phenoxy) is 3. The number of carbonyl (C=O) groups excluding carboxylic acids is 1. The zero-order chi connectivity index (χ0) is 23.4. The van der Waals surface area contributed by atoms with Gasteiger partial charge in [-0.3, -0.25) is 0 Å². The number of aryl methyl sites for hydroxylation is 1. The number of halogens is 2. The molecule has 0 atom stereocenters. The molecule has 1 heterocycles. The maximum Gasteiger partial charge on any atom is 0.363 e. The number of cyclic esters (lactones) is 1. The Morgan fingerprint density at radius 2 is 1.82 bits per heavy atom. The number of carbonyl (C=O) groups is 1. The molecule has 0 bridgehead atoms. The standard InChI is InChI=1S/C26H21Cl2NO4/c1-3-31-24-13-17(8-11-23(24)32-15-18-7-5-4-6-16(18)2)12-22-26(30)33-25(29-22)20-14-19(27)9-10-21(20)28/h4-14H,3,15H2,1-2H3/b22-12-. The number of nitrogens with zero attached hydrogens (tertiary/aromatic N) is 1. The summed E-state index contributed by atoms with van der Waals surface area (Å²) in [4.78, 5) is 16.7. The predicted octanol–water partition coefficient (Wildman–Crippen LogP) is 6.62. The minimum absolute atomic E-state index is 0.113. The third-order valence-corrected chi connectivity index (χ3v) is 5.56. The van der Waals surface area contributed by atoms with Crippen LogP contribution in [0.4, 0.5) is 0 Å². The van der Waals surface area contributed by atoms with E-state index in [1.54, 1.807) is 30.3 Å². The van der Waals surface area contributed by atoms with Crippen molar-refractivity contribution in [3.63, 3.8) is 0 Å². The molecule has 0 N–H and O–H groups in total. The zero-order valence-corrected chi connectivity index (χ0v) is 19.6. The number of rotatable bonds is 7. The Morgan fingerprint density at radius 1 is 1.00 bits per heavy atom. The van der Waals surface area contributed by atoms with Crippen molar-refractivity contribution in [3.05, 3.63) is 98.7 Å². The van der Waals surface area contributed by atoms with Gasteiger partial charge in [-0.1, -0.05) is 53.5 Å². The van der Waals surface area contributed by atoms with Crippen molar-refractivity contribution in [1.82, 2.24) is 0 Å². The van der Waals surface area contributed by atoms with Crippen molar-refractivity contribution in [1.29, 1.82) is 0 Å². The lowest BCUT2D eigenvalue weighted by Gasteiger charge is -2.13. The Bertz CT molecular complexity index is 1270. The highest BCUT2D eigenvalue weighted by molar-refractivity contribution is 6.36. The predicted molar refractivity (Wildman–Crippen MR) is 130 cm³/mol. The summed E-state index contributed by atoms with van der Waals surface area (Å²) in [7, 11) is 0. The molecule has 0 unspecified atom stereocenters. The van der Waals surface area contributed by atoms with Gasteiger partial charge in [-0.2, -0.15) is 0 Å². The Labute approximate surface area is 202 Å². The van der Waals surface area contributed by atoms with Crippen LogP contribution in [0.25, 0.3) is 6.08 Å². The lowest BCUT2D eigenvalue weighted by atomic mass is 10.1. The number of benzene rings is 3. The maximum absolute atomic E-state index is 12.4. The van der Waals surface area contributed by atoms with Crippen LogP contribution >= 0.6 is 23.2 Å². The van der Waals surface area contributed by atoms with Crippen molar-refractivity contribution < 1.29 is 19.0 Å². The van der Waals surface area contributed by atoms with Gasteiger partial charge in [0.05, 0.1) is 17.2 Å². The first-order chi connectivity index (χ1) is 15.9. The first kappa shape index (κ1) is 22.9. The number of esters is 1. The summed E-state index contributed by atoms with van der Waals surface area (Å²) < 4.78 is 17.1. The first-order valence-corrected chi connectivity index (χ1v) is 11.1. The fourth-order valence-electron chi connectivity index (χ4n) is 3.27. The lowest BCUT2D eigenvalue weighted by Crippen LogP contribution is -2.06.